The Morgan fingerprint density at radius 2 is 2.42 bits per heavy atom. The summed E-state index contributed by atoms with van der Waals surface area (Å²) < 4.78 is 5.35. The normalized spacial score (nSPS) is 26.5. The summed E-state index contributed by atoms with van der Waals surface area (Å²) >= 11 is 0. The van der Waals surface area contributed by atoms with Crippen LogP contribution in [0.5, 0.6) is 0 Å². The monoisotopic (exact) mass is 172 g/mol. The van der Waals surface area contributed by atoms with Gasteiger partial charge in [0, 0.05) is 25.1 Å². The molecule has 1 saturated heterocycles. The van der Waals surface area contributed by atoms with Crippen molar-refractivity contribution in [2.24, 2.45) is 11.7 Å². The highest BCUT2D eigenvalue weighted by Crippen LogP contribution is 2.19. The molecule has 12 heavy (non-hydrogen) atoms. The van der Waals surface area contributed by atoms with Gasteiger partial charge in [-0.25, -0.2) is 0 Å². The van der Waals surface area contributed by atoms with E-state index in [4.69, 9.17) is 10.5 Å². The quantitative estimate of drug-likeness (QED) is 0.663. The summed E-state index contributed by atoms with van der Waals surface area (Å²) in [5, 5.41) is 0. The lowest BCUT2D eigenvalue weighted by Gasteiger charge is -2.29. The average molecular weight is 172 g/mol. The molecule has 2 atom stereocenters. The van der Waals surface area contributed by atoms with Crippen molar-refractivity contribution >= 4 is 0 Å². The Morgan fingerprint density at radius 1 is 1.67 bits per heavy atom. The van der Waals surface area contributed by atoms with Crippen molar-refractivity contribution in [3.8, 4) is 0 Å². The fourth-order valence-electron chi connectivity index (χ4n) is 1.82. The minimum absolute atomic E-state index is 0.512. The number of hydrogen-bond acceptors (Lipinski definition) is 3. The van der Waals surface area contributed by atoms with Gasteiger partial charge in [0.2, 0.25) is 0 Å². The molecule has 0 aromatic heterocycles. The van der Waals surface area contributed by atoms with Crippen LogP contribution in [-0.4, -0.2) is 44.3 Å². The lowest BCUT2D eigenvalue weighted by Crippen LogP contribution is -2.43. The van der Waals surface area contributed by atoms with Crippen LogP contribution >= 0.6 is 0 Å². The molecule has 1 heterocycles. The molecule has 3 heteroatoms. The number of hydrogen-bond donors (Lipinski definition) is 1. The summed E-state index contributed by atoms with van der Waals surface area (Å²) in [6, 6.07) is 0.512. The Morgan fingerprint density at radius 3 is 2.83 bits per heavy atom. The first-order chi connectivity index (χ1) is 5.79. The molecule has 0 aromatic carbocycles. The van der Waals surface area contributed by atoms with Gasteiger partial charge in [-0.15, -0.1) is 0 Å². The minimum atomic E-state index is 0.512. The maximum absolute atomic E-state index is 5.73. The molecule has 1 aliphatic heterocycles. The second-order valence-corrected chi connectivity index (χ2v) is 3.50. The van der Waals surface area contributed by atoms with E-state index >= 15 is 0 Å². The molecule has 0 saturated carbocycles. The Balaban J connectivity index is 2.42. The number of nitrogens with zero attached hydrogens (tertiary/aromatic N) is 1. The van der Waals surface area contributed by atoms with Crippen LogP contribution in [0, 0.1) is 5.92 Å². The van der Waals surface area contributed by atoms with Gasteiger partial charge in [0.15, 0.2) is 0 Å². The second-order valence-electron chi connectivity index (χ2n) is 3.50. The zero-order valence-corrected chi connectivity index (χ0v) is 8.12. The smallest absolute Gasteiger partial charge is 0.0510 e. The summed E-state index contributed by atoms with van der Waals surface area (Å²) in [6.07, 6.45) is 1.17. The molecular weight excluding hydrogens is 152 g/mol. The Labute approximate surface area is 74.9 Å². The number of ether oxygens (including phenoxy) is 1. The van der Waals surface area contributed by atoms with Crippen molar-refractivity contribution in [1.82, 2.24) is 4.90 Å². The average Bonchev–Trinajstić information content (AvgIpc) is 2.58. The van der Waals surface area contributed by atoms with Crippen molar-refractivity contribution in [3.05, 3.63) is 0 Å². The van der Waals surface area contributed by atoms with Crippen molar-refractivity contribution in [1.29, 1.82) is 0 Å². The summed E-state index contributed by atoms with van der Waals surface area (Å²) in [5.74, 6) is 0.653. The van der Waals surface area contributed by atoms with Crippen molar-refractivity contribution in [2.75, 3.05) is 33.4 Å². The van der Waals surface area contributed by atoms with Gasteiger partial charge in [0.05, 0.1) is 6.61 Å². The highest BCUT2D eigenvalue weighted by Gasteiger charge is 2.26. The third-order valence-electron chi connectivity index (χ3n) is 2.82. The molecule has 0 amide bonds. The van der Waals surface area contributed by atoms with Gasteiger partial charge in [-0.2, -0.15) is 0 Å². The Hall–Kier alpha value is -0.120. The van der Waals surface area contributed by atoms with Crippen molar-refractivity contribution in [2.45, 2.75) is 19.4 Å². The molecule has 0 spiro atoms. The van der Waals surface area contributed by atoms with E-state index in [2.05, 4.69) is 18.9 Å². The lowest BCUT2D eigenvalue weighted by molar-refractivity contribution is 0.144. The molecule has 2 unspecified atom stereocenters. The first-order valence-electron chi connectivity index (χ1n) is 4.77. The predicted molar refractivity (Wildman–Crippen MR) is 50.1 cm³/mol. The van der Waals surface area contributed by atoms with E-state index in [1.54, 1.807) is 0 Å². The van der Waals surface area contributed by atoms with E-state index in [0.717, 1.165) is 26.3 Å². The SMILES string of the molecule is CCN(C)C(CN)C1CCOC1. The van der Waals surface area contributed by atoms with Gasteiger partial charge in [-0.1, -0.05) is 6.92 Å². The summed E-state index contributed by atoms with van der Waals surface area (Å²) in [6.45, 7) is 5.79. The summed E-state index contributed by atoms with van der Waals surface area (Å²) in [5.41, 5.74) is 5.73. The van der Waals surface area contributed by atoms with Gasteiger partial charge in [0.1, 0.15) is 0 Å². The molecule has 0 bridgehead atoms. The molecule has 0 aliphatic carbocycles. The van der Waals surface area contributed by atoms with Crippen LogP contribution in [0.15, 0.2) is 0 Å². The first kappa shape index (κ1) is 9.96. The fourth-order valence-corrected chi connectivity index (χ4v) is 1.82. The first-order valence-corrected chi connectivity index (χ1v) is 4.77. The zero-order chi connectivity index (χ0) is 8.97. The zero-order valence-electron chi connectivity index (χ0n) is 8.12. The van der Waals surface area contributed by atoms with Gasteiger partial charge < -0.3 is 15.4 Å². The molecule has 0 radical (unpaired) electrons. The van der Waals surface area contributed by atoms with Crippen LogP contribution in [0.4, 0.5) is 0 Å². The standard InChI is InChI=1S/C9H20N2O/c1-3-11(2)9(6-10)8-4-5-12-7-8/h8-9H,3-7,10H2,1-2H3. The molecule has 3 nitrogen and oxygen atoms in total. The van der Waals surface area contributed by atoms with Crippen LogP contribution in [-0.2, 0) is 4.74 Å². The van der Waals surface area contributed by atoms with Gasteiger partial charge >= 0.3 is 0 Å². The Bertz CT molecular complexity index is 124. The van der Waals surface area contributed by atoms with E-state index in [0.29, 0.717) is 12.0 Å². The van der Waals surface area contributed by atoms with Crippen LogP contribution in [0.3, 0.4) is 0 Å². The maximum atomic E-state index is 5.73. The number of nitrogens with two attached hydrogens (primary N) is 1. The van der Waals surface area contributed by atoms with Crippen molar-refractivity contribution < 1.29 is 4.74 Å². The van der Waals surface area contributed by atoms with E-state index in [1.165, 1.54) is 6.42 Å². The predicted octanol–water partition coefficient (Wildman–Crippen LogP) is 0.302. The Kier molecular flexibility index (Phi) is 3.98. The van der Waals surface area contributed by atoms with Gasteiger partial charge in [0.25, 0.3) is 0 Å². The third kappa shape index (κ3) is 2.19. The highest BCUT2D eigenvalue weighted by molar-refractivity contribution is 4.80. The van der Waals surface area contributed by atoms with E-state index in [1.807, 2.05) is 0 Å². The summed E-state index contributed by atoms with van der Waals surface area (Å²) in [7, 11) is 2.13. The summed E-state index contributed by atoms with van der Waals surface area (Å²) in [4.78, 5) is 2.32. The van der Waals surface area contributed by atoms with Gasteiger partial charge in [-0.05, 0) is 20.0 Å². The van der Waals surface area contributed by atoms with E-state index in [9.17, 15) is 0 Å². The molecular formula is C9H20N2O. The van der Waals surface area contributed by atoms with Gasteiger partial charge in [-0.3, -0.25) is 0 Å². The minimum Gasteiger partial charge on any atom is -0.381 e. The van der Waals surface area contributed by atoms with E-state index in [-0.39, 0.29) is 0 Å². The van der Waals surface area contributed by atoms with Crippen molar-refractivity contribution in [3.63, 3.8) is 0 Å². The molecule has 2 N–H and O–H groups in total. The fraction of sp³-hybridized carbons (Fsp3) is 1.00. The molecule has 72 valence electrons. The largest absolute Gasteiger partial charge is 0.381 e. The molecule has 1 aliphatic rings. The second kappa shape index (κ2) is 4.80. The topological polar surface area (TPSA) is 38.5 Å². The van der Waals surface area contributed by atoms with Crippen LogP contribution in [0.25, 0.3) is 0 Å². The number of rotatable bonds is 4. The van der Waals surface area contributed by atoms with E-state index < -0.39 is 0 Å². The van der Waals surface area contributed by atoms with Crippen LogP contribution in [0.1, 0.15) is 13.3 Å². The molecule has 1 rings (SSSR count). The third-order valence-corrected chi connectivity index (χ3v) is 2.82. The van der Waals surface area contributed by atoms with Crippen LogP contribution < -0.4 is 5.73 Å². The number of likely N-dealkylation sites (N-methyl/N-ethyl adjacent to an activating group) is 1. The van der Waals surface area contributed by atoms with Crippen LogP contribution in [0.2, 0.25) is 0 Å². The lowest BCUT2D eigenvalue weighted by atomic mass is 9.98. The molecule has 1 fully saturated rings. The maximum Gasteiger partial charge on any atom is 0.0510 e. The molecule has 0 aromatic rings. The highest BCUT2D eigenvalue weighted by atomic mass is 16.5.